The van der Waals surface area contributed by atoms with Crippen LogP contribution in [0.2, 0.25) is 0 Å². The van der Waals surface area contributed by atoms with Crippen LogP contribution in [-0.2, 0) is 0 Å². The van der Waals surface area contributed by atoms with Gasteiger partial charge >= 0.3 is 0 Å². The average molecular weight is 296 g/mol. The molecule has 0 saturated heterocycles. The monoisotopic (exact) mass is 295 g/mol. The minimum atomic E-state index is 0.715. The summed E-state index contributed by atoms with van der Waals surface area (Å²) in [6, 6.07) is 0. The molecule has 0 rings (SSSR count). The van der Waals surface area contributed by atoms with Gasteiger partial charge in [0, 0.05) is 0 Å². The van der Waals surface area contributed by atoms with Crippen LogP contribution < -0.4 is 0 Å². The minimum absolute atomic E-state index is 0.715. The molecule has 0 aliphatic rings. The van der Waals surface area contributed by atoms with E-state index < -0.39 is 0 Å². The SMILES string of the molecule is [CH2]C(CCC)CCCCCCCCCCCCCCCC. The first-order chi connectivity index (χ1) is 10.3. The van der Waals surface area contributed by atoms with Crippen LogP contribution in [0.1, 0.15) is 123 Å². The molecule has 1 unspecified atom stereocenters. The Morgan fingerprint density at radius 1 is 0.476 bits per heavy atom. The van der Waals surface area contributed by atoms with E-state index in [2.05, 4.69) is 20.8 Å². The number of unbranched alkanes of at least 4 members (excludes halogenated alkanes) is 13. The number of hydrogen-bond donors (Lipinski definition) is 0. The highest BCUT2D eigenvalue weighted by atomic mass is 14.1. The van der Waals surface area contributed by atoms with E-state index in [4.69, 9.17) is 0 Å². The number of hydrogen-bond acceptors (Lipinski definition) is 0. The summed E-state index contributed by atoms with van der Waals surface area (Å²) in [5, 5.41) is 0. The quantitative estimate of drug-likeness (QED) is 0.238. The van der Waals surface area contributed by atoms with Crippen LogP contribution in [0.15, 0.2) is 0 Å². The average Bonchev–Trinajstić information content (AvgIpc) is 2.48. The largest absolute Gasteiger partial charge is 0.0654 e. The maximum Gasteiger partial charge on any atom is -0.0414 e. The van der Waals surface area contributed by atoms with Crippen LogP contribution in [0.25, 0.3) is 0 Å². The highest BCUT2D eigenvalue weighted by molar-refractivity contribution is 4.60. The van der Waals surface area contributed by atoms with Gasteiger partial charge in [0.15, 0.2) is 0 Å². The molecule has 0 heteroatoms. The Morgan fingerprint density at radius 3 is 1.24 bits per heavy atom. The smallest absolute Gasteiger partial charge is 0.0414 e. The summed E-state index contributed by atoms with van der Waals surface area (Å²) in [5.74, 6) is 0.715. The molecular weight excluding hydrogens is 252 g/mol. The molecule has 0 aliphatic carbocycles. The fourth-order valence-electron chi connectivity index (χ4n) is 3.18. The minimum Gasteiger partial charge on any atom is -0.0654 e. The van der Waals surface area contributed by atoms with Gasteiger partial charge in [-0.05, 0) is 5.92 Å². The molecule has 0 aromatic rings. The van der Waals surface area contributed by atoms with Crippen molar-refractivity contribution in [3.8, 4) is 0 Å². The van der Waals surface area contributed by atoms with Gasteiger partial charge in [0.25, 0.3) is 0 Å². The molecule has 0 aliphatic heterocycles. The van der Waals surface area contributed by atoms with E-state index in [9.17, 15) is 0 Å². The van der Waals surface area contributed by atoms with E-state index >= 15 is 0 Å². The maximum absolute atomic E-state index is 4.23. The van der Waals surface area contributed by atoms with Crippen LogP contribution in [-0.4, -0.2) is 0 Å². The lowest BCUT2D eigenvalue weighted by Crippen LogP contribution is -1.94. The summed E-state index contributed by atoms with van der Waals surface area (Å²) in [7, 11) is 0. The molecule has 0 bridgehead atoms. The Morgan fingerprint density at radius 2 is 0.857 bits per heavy atom. The molecule has 0 saturated carbocycles. The van der Waals surface area contributed by atoms with Gasteiger partial charge in [-0.1, -0.05) is 130 Å². The molecule has 0 amide bonds. The van der Waals surface area contributed by atoms with Crippen molar-refractivity contribution in [2.45, 2.75) is 123 Å². The fourth-order valence-corrected chi connectivity index (χ4v) is 3.18. The second-order valence-electron chi connectivity index (χ2n) is 7.04. The Hall–Kier alpha value is 0. The molecular formula is C21H43. The van der Waals surface area contributed by atoms with Crippen LogP contribution in [0.5, 0.6) is 0 Å². The van der Waals surface area contributed by atoms with Crippen molar-refractivity contribution in [1.82, 2.24) is 0 Å². The lowest BCUT2D eigenvalue weighted by Gasteiger charge is -2.09. The normalized spacial score (nSPS) is 12.7. The van der Waals surface area contributed by atoms with E-state index in [0.29, 0.717) is 5.92 Å². The van der Waals surface area contributed by atoms with Crippen LogP contribution >= 0.6 is 0 Å². The van der Waals surface area contributed by atoms with Gasteiger partial charge in [-0.25, -0.2) is 0 Å². The fraction of sp³-hybridized carbons (Fsp3) is 0.952. The van der Waals surface area contributed by atoms with Crippen molar-refractivity contribution in [3.05, 3.63) is 6.92 Å². The van der Waals surface area contributed by atoms with Crippen molar-refractivity contribution in [2.75, 3.05) is 0 Å². The van der Waals surface area contributed by atoms with Crippen molar-refractivity contribution < 1.29 is 0 Å². The topological polar surface area (TPSA) is 0 Å². The second kappa shape index (κ2) is 18.1. The number of rotatable bonds is 17. The lowest BCUT2D eigenvalue weighted by molar-refractivity contribution is 0.482. The van der Waals surface area contributed by atoms with Crippen LogP contribution in [0.3, 0.4) is 0 Å². The lowest BCUT2D eigenvalue weighted by atomic mass is 9.98. The molecule has 0 N–H and O–H groups in total. The predicted octanol–water partition coefficient (Wildman–Crippen LogP) is 8.11. The Labute approximate surface area is 136 Å². The van der Waals surface area contributed by atoms with Crippen LogP contribution in [0, 0.1) is 12.8 Å². The van der Waals surface area contributed by atoms with E-state index in [1.54, 1.807) is 0 Å². The van der Waals surface area contributed by atoms with E-state index in [-0.39, 0.29) is 0 Å². The summed E-state index contributed by atoms with van der Waals surface area (Å²) < 4.78 is 0. The molecule has 0 fully saturated rings. The van der Waals surface area contributed by atoms with Crippen molar-refractivity contribution >= 4 is 0 Å². The summed E-state index contributed by atoms with van der Waals surface area (Å²) >= 11 is 0. The van der Waals surface area contributed by atoms with Gasteiger partial charge in [-0.15, -0.1) is 0 Å². The maximum atomic E-state index is 4.23. The van der Waals surface area contributed by atoms with Gasteiger partial charge in [0.05, 0.1) is 0 Å². The third-order valence-electron chi connectivity index (χ3n) is 4.66. The van der Waals surface area contributed by atoms with E-state index in [0.717, 1.165) is 0 Å². The van der Waals surface area contributed by atoms with E-state index in [1.807, 2.05) is 0 Å². The Balaban J connectivity index is 2.99. The van der Waals surface area contributed by atoms with Gasteiger partial charge in [-0.3, -0.25) is 0 Å². The predicted molar refractivity (Wildman–Crippen MR) is 98.7 cm³/mol. The summed E-state index contributed by atoms with van der Waals surface area (Å²) in [6.07, 6.45) is 24.3. The Bertz CT molecular complexity index is 173. The zero-order valence-electron chi connectivity index (χ0n) is 15.3. The molecule has 127 valence electrons. The summed E-state index contributed by atoms with van der Waals surface area (Å²) in [5.41, 5.74) is 0. The third-order valence-corrected chi connectivity index (χ3v) is 4.66. The van der Waals surface area contributed by atoms with Gasteiger partial charge in [0.1, 0.15) is 0 Å². The first-order valence-corrected chi connectivity index (χ1v) is 10.1. The standard InChI is InChI=1S/C21H43/c1-4-6-7-8-9-10-11-12-13-14-15-16-17-18-20-21(3)19-5-2/h21H,3-20H2,1-2H3. The molecule has 0 aromatic heterocycles. The van der Waals surface area contributed by atoms with E-state index in [1.165, 1.54) is 109 Å². The van der Waals surface area contributed by atoms with Crippen molar-refractivity contribution in [1.29, 1.82) is 0 Å². The summed E-state index contributed by atoms with van der Waals surface area (Å²) in [4.78, 5) is 0. The van der Waals surface area contributed by atoms with Gasteiger partial charge < -0.3 is 0 Å². The first-order valence-electron chi connectivity index (χ1n) is 10.1. The molecule has 1 radical (unpaired) electrons. The molecule has 0 nitrogen and oxygen atoms in total. The third kappa shape index (κ3) is 18.0. The van der Waals surface area contributed by atoms with Gasteiger partial charge in [-0.2, -0.15) is 0 Å². The second-order valence-corrected chi connectivity index (χ2v) is 7.04. The molecule has 0 spiro atoms. The zero-order chi connectivity index (χ0) is 15.6. The highest BCUT2D eigenvalue weighted by Gasteiger charge is 2.00. The molecule has 1 atom stereocenters. The van der Waals surface area contributed by atoms with Crippen molar-refractivity contribution in [2.24, 2.45) is 5.92 Å². The Kier molecular flexibility index (Phi) is 18.1. The zero-order valence-corrected chi connectivity index (χ0v) is 15.3. The van der Waals surface area contributed by atoms with Crippen molar-refractivity contribution in [3.63, 3.8) is 0 Å². The van der Waals surface area contributed by atoms with Gasteiger partial charge in [0.2, 0.25) is 0 Å². The summed E-state index contributed by atoms with van der Waals surface area (Å²) in [6.45, 7) is 8.79. The molecule has 0 aromatic carbocycles. The molecule has 21 heavy (non-hydrogen) atoms. The van der Waals surface area contributed by atoms with Crippen LogP contribution in [0.4, 0.5) is 0 Å². The first kappa shape index (κ1) is 21.0. The molecule has 0 heterocycles. The highest BCUT2D eigenvalue weighted by Crippen LogP contribution is 2.16.